The van der Waals surface area contributed by atoms with Gasteiger partial charge in [0, 0.05) is 30.7 Å². The van der Waals surface area contributed by atoms with Crippen LogP contribution in [0, 0.1) is 0 Å². The molecule has 0 aromatic heterocycles. The zero-order valence-electron chi connectivity index (χ0n) is 17.2. The number of rotatable bonds is 5. The zero-order chi connectivity index (χ0) is 22.0. The van der Waals surface area contributed by atoms with Gasteiger partial charge in [0.05, 0.1) is 10.6 Å². The van der Waals surface area contributed by atoms with Crippen LogP contribution in [0.4, 0.5) is 5.69 Å². The van der Waals surface area contributed by atoms with Gasteiger partial charge < -0.3 is 4.90 Å². The van der Waals surface area contributed by atoms with E-state index in [-0.39, 0.29) is 10.8 Å². The van der Waals surface area contributed by atoms with Gasteiger partial charge in [-0.3, -0.25) is 9.10 Å². The van der Waals surface area contributed by atoms with Gasteiger partial charge in [-0.25, -0.2) is 8.42 Å². The molecule has 0 bridgehead atoms. The van der Waals surface area contributed by atoms with E-state index in [0.717, 1.165) is 24.0 Å². The number of halogens is 1. The van der Waals surface area contributed by atoms with Gasteiger partial charge in [0.1, 0.15) is 0 Å². The molecule has 1 aliphatic rings. The van der Waals surface area contributed by atoms with E-state index in [4.69, 9.17) is 11.6 Å². The van der Waals surface area contributed by atoms with Gasteiger partial charge in [0.2, 0.25) is 0 Å². The quantitative estimate of drug-likeness (QED) is 0.558. The maximum atomic E-state index is 13.4. The molecular weight excluding hydrogens is 432 g/mol. The van der Waals surface area contributed by atoms with Crippen molar-refractivity contribution >= 4 is 33.2 Å². The summed E-state index contributed by atoms with van der Waals surface area (Å²) in [5.41, 5.74) is 3.01. The molecule has 0 fully saturated rings. The summed E-state index contributed by atoms with van der Waals surface area (Å²) in [4.78, 5) is 14.6. The summed E-state index contributed by atoms with van der Waals surface area (Å²) in [6.07, 6.45) is 1.62. The van der Waals surface area contributed by atoms with Crippen LogP contribution < -0.4 is 4.31 Å². The zero-order valence-corrected chi connectivity index (χ0v) is 18.7. The molecule has 1 aliphatic heterocycles. The Morgan fingerprint density at radius 1 is 1.03 bits per heavy atom. The molecule has 0 spiro atoms. The lowest BCUT2D eigenvalue weighted by Gasteiger charge is -2.30. The minimum Gasteiger partial charge on any atom is -0.337 e. The second-order valence-electron chi connectivity index (χ2n) is 7.62. The van der Waals surface area contributed by atoms with Crippen LogP contribution in [0.3, 0.4) is 0 Å². The Labute approximate surface area is 187 Å². The first-order chi connectivity index (χ1) is 14.9. The van der Waals surface area contributed by atoms with Crippen molar-refractivity contribution < 1.29 is 13.2 Å². The predicted octanol–water partition coefficient (Wildman–Crippen LogP) is 4.75. The molecule has 3 aromatic rings. The molecule has 0 radical (unpaired) electrons. The van der Waals surface area contributed by atoms with E-state index < -0.39 is 10.0 Å². The fourth-order valence-corrected chi connectivity index (χ4v) is 5.53. The highest BCUT2D eigenvalue weighted by molar-refractivity contribution is 7.92. The van der Waals surface area contributed by atoms with Crippen molar-refractivity contribution in [2.45, 2.75) is 24.3 Å². The fourth-order valence-electron chi connectivity index (χ4n) is 3.82. The number of nitrogens with zero attached hydrogens (tertiary/aromatic N) is 2. The summed E-state index contributed by atoms with van der Waals surface area (Å²) < 4.78 is 28.3. The maximum Gasteiger partial charge on any atom is 0.264 e. The Kier molecular flexibility index (Phi) is 6.03. The first kappa shape index (κ1) is 21.4. The highest BCUT2D eigenvalue weighted by Gasteiger charge is 2.29. The average Bonchev–Trinajstić information content (AvgIpc) is 2.79. The lowest BCUT2D eigenvalue weighted by atomic mass is 10.0. The number of benzene rings is 3. The van der Waals surface area contributed by atoms with E-state index in [1.54, 1.807) is 42.3 Å². The number of anilines is 1. The molecule has 4 rings (SSSR count). The van der Waals surface area contributed by atoms with Crippen molar-refractivity contribution in [1.82, 2.24) is 4.90 Å². The van der Waals surface area contributed by atoms with Crippen molar-refractivity contribution in [3.8, 4) is 0 Å². The van der Waals surface area contributed by atoms with Crippen molar-refractivity contribution in [2.75, 3.05) is 17.9 Å². The first-order valence-corrected chi connectivity index (χ1v) is 11.9. The second-order valence-corrected chi connectivity index (χ2v) is 9.92. The Bertz CT molecular complexity index is 1210. The Morgan fingerprint density at radius 2 is 1.77 bits per heavy atom. The van der Waals surface area contributed by atoms with E-state index in [9.17, 15) is 13.2 Å². The average molecular weight is 455 g/mol. The predicted molar refractivity (Wildman–Crippen MR) is 123 cm³/mol. The molecule has 0 saturated heterocycles. The van der Waals surface area contributed by atoms with Crippen molar-refractivity contribution in [2.24, 2.45) is 0 Å². The summed E-state index contributed by atoms with van der Waals surface area (Å²) in [5.74, 6) is -0.244. The van der Waals surface area contributed by atoms with E-state index in [2.05, 4.69) is 0 Å². The van der Waals surface area contributed by atoms with Gasteiger partial charge in [-0.05, 0) is 60.4 Å². The molecular formula is C24H23ClN2O3S. The molecule has 160 valence electrons. The van der Waals surface area contributed by atoms with Gasteiger partial charge in [-0.1, -0.05) is 48.0 Å². The molecule has 0 saturated carbocycles. The van der Waals surface area contributed by atoms with Gasteiger partial charge in [0.25, 0.3) is 15.9 Å². The van der Waals surface area contributed by atoms with E-state index in [1.165, 1.54) is 10.4 Å². The monoisotopic (exact) mass is 454 g/mol. The van der Waals surface area contributed by atoms with Gasteiger partial charge in [-0.2, -0.15) is 0 Å². The Morgan fingerprint density at radius 3 is 2.55 bits per heavy atom. The third-order valence-corrected chi connectivity index (χ3v) is 7.48. The fraction of sp³-hybridized carbons (Fsp3) is 0.208. The molecule has 0 unspecified atom stereocenters. The molecule has 0 aliphatic carbocycles. The highest BCUT2D eigenvalue weighted by Crippen LogP contribution is 2.32. The van der Waals surface area contributed by atoms with Crippen LogP contribution in [0.5, 0.6) is 0 Å². The van der Waals surface area contributed by atoms with E-state index in [0.29, 0.717) is 29.4 Å². The minimum absolute atomic E-state index is 0.120. The van der Waals surface area contributed by atoms with Gasteiger partial charge in [0.15, 0.2) is 0 Å². The molecule has 1 amide bonds. The smallest absolute Gasteiger partial charge is 0.264 e. The lowest BCUT2D eigenvalue weighted by Crippen LogP contribution is -2.35. The molecule has 31 heavy (non-hydrogen) atoms. The number of carbonyl (C=O) groups excluding carboxylic acids is 1. The number of para-hydroxylation sites is 1. The third kappa shape index (κ3) is 4.45. The normalized spacial score (nSPS) is 13.5. The largest absolute Gasteiger partial charge is 0.337 e. The summed E-state index contributed by atoms with van der Waals surface area (Å²) in [6, 6.07) is 21.1. The number of sulfonamides is 1. The van der Waals surface area contributed by atoms with Crippen LogP contribution in [-0.2, 0) is 23.0 Å². The highest BCUT2D eigenvalue weighted by atomic mass is 35.5. The SMILES string of the molecule is CN(Cc1ccc(Cl)cc1)C(=O)c1cccc(S(=O)(=O)N2CCCc3ccccc32)c1. The summed E-state index contributed by atoms with van der Waals surface area (Å²) in [7, 11) is -2.08. The number of aryl methyl sites for hydroxylation is 1. The summed E-state index contributed by atoms with van der Waals surface area (Å²) in [5, 5.41) is 0.634. The van der Waals surface area contributed by atoms with Crippen molar-refractivity contribution in [1.29, 1.82) is 0 Å². The van der Waals surface area contributed by atoms with Crippen LogP contribution in [0.2, 0.25) is 5.02 Å². The van der Waals surface area contributed by atoms with Gasteiger partial charge in [-0.15, -0.1) is 0 Å². The number of fused-ring (bicyclic) bond motifs is 1. The maximum absolute atomic E-state index is 13.4. The molecule has 0 N–H and O–H groups in total. The summed E-state index contributed by atoms with van der Waals surface area (Å²) in [6.45, 7) is 0.820. The van der Waals surface area contributed by atoms with Crippen LogP contribution in [0.15, 0.2) is 77.7 Å². The topological polar surface area (TPSA) is 57.7 Å². The number of hydrogen-bond donors (Lipinski definition) is 0. The first-order valence-electron chi connectivity index (χ1n) is 10.1. The molecule has 0 atom stereocenters. The third-order valence-electron chi connectivity index (χ3n) is 5.42. The number of amides is 1. The molecule has 1 heterocycles. The molecule has 7 heteroatoms. The standard InChI is InChI=1S/C24H23ClN2O3S/c1-26(17-18-11-13-21(25)14-12-18)24(28)20-7-4-9-22(16-20)31(29,30)27-15-5-8-19-6-2-3-10-23(19)27/h2-4,6-7,9-14,16H,5,8,15,17H2,1H3. The second kappa shape index (κ2) is 8.73. The van der Waals surface area contributed by atoms with Crippen LogP contribution in [0.1, 0.15) is 27.9 Å². The van der Waals surface area contributed by atoms with Crippen LogP contribution in [0.25, 0.3) is 0 Å². The Hall–Kier alpha value is -2.83. The van der Waals surface area contributed by atoms with Gasteiger partial charge >= 0.3 is 0 Å². The lowest BCUT2D eigenvalue weighted by molar-refractivity contribution is 0.0785. The van der Waals surface area contributed by atoms with Crippen molar-refractivity contribution in [3.63, 3.8) is 0 Å². The Balaban J connectivity index is 1.59. The van der Waals surface area contributed by atoms with E-state index >= 15 is 0 Å². The molecule has 5 nitrogen and oxygen atoms in total. The molecule has 3 aromatic carbocycles. The van der Waals surface area contributed by atoms with Crippen molar-refractivity contribution in [3.05, 3.63) is 94.5 Å². The van der Waals surface area contributed by atoms with Crippen LogP contribution in [-0.4, -0.2) is 32.8 Å². The minimum atomic E-state index is -3.77. The van der Waals surface area contributed by atoms with E-state index in [1.807, 2.05) is 36.4 Å². The van der Waals surface area contributed by atoms with Crippen LogP contribution >= 0.6 is 11.6 Å². The number of hydrogen-bond acceptors (Lipinski definition) is 3. The number of carbonyl (C=O) groups is 1. The summed E-state index contributed by atoms with van der Waals surface area (Å²) >= 11 is 5.92.